The standard InChI is InChI=1S/C18H17NO4S/c20-17(12-23-15-5-2-1-3-6-15)19-13-18(21,14-8-9-22-11-14)16-7-4-10-24-16/h1-11,21H,12-13H2,(H,19,20)/t18-/m0/s1. The van der Waals surface area contributed by atoms with Crippen LogP contribution in [0.25, 0.3) is 0 Å². The molecule has 0 fully saturated rings. The van der Waals surface area contributed by atoms with E-state index in [1.807, 2.05) is 35.7 Å². The summed E-state index contributed by atoms with van der Waals surface area (Å²) in [5.74, 6) is 0.313. The average molecular weight is 343 g/mol. The molecule has 0 aliphatic rings. The molecule has 0 aliphatic carbocycles. The summed E-state index contributed by atoms with van der Waals surface area (Å²) in [6, 6.07) is 14.5. The van der Waals surface area contributed by atoms with Crippen LogP contribution in [0.4, 0.5) is 0 Å². The highest BCUT2D eigenvalue weighted by Crippen LogP contribution is 2.32. The fourth-order valence-corrected chi connectivity index (χ4v) is 3.13. The van der Waals surface area contributed by atoms with E-state index in [1.54, 1.807) is 18.2 Å². The molecule has 2 heterocycles. The van der Waals surface area contributed by atoms with E-state index in [9.17, 15) is 9.90 Å². The number of para-hydroxylation sites is 1. The highest BCUT2D eigenvalue weighted by atomic mass is 32.1. The molecule has 2 N–H and O–H groups in total. The first-order valence-electron chi connectivity index (χ1n) is 7.42. The number of rotatable bonds is 7. The maximum absolute atomic E-state index is 12.0. The zero-order valence-corrected chi connectivity index (χ0v) is 13.7. The normalized spacial score (nSPS) is 13.2. The van der Waals surface area contributed by atoms with Crippen LogP contribution >= 0.6 is 11.3 Å². The van der Waals surface area contributed by atoms with Gasteiger partial charge in [-0.05, 0) is 29.6 Å². The monoisotopic (exact) mass is 343 g/mol. The fraction of sp³-hybridized carbons (Fsp3) is 0.167. The van der Waals surface area contributed by atoms with E-state index in [4.69, 9.17) is 9.15 Å². The smallest absolute Gasteiger partial charge is 0.258 e. The molecule has 6 heteroatoms. The minimum absolute atomic E-state index is 0.0318. The maximum Gasteiger partial charge on any atom is 0.258 e. The van der Waals surface area contributed by atoms with Crippen LogP contribution < -0.4 is 10.1 Å². The van der Waals surface area contributed by atoms with Crippen molar-refractivity contribution in [3.05, 3.63) is 76.9 Å². The summed E-state index contributed by atoms with van der Waals surface area (Å²) in [4.78, 5) is 12.8. The first-order chi connectivity index (χ1) is 11.7. The van der Waals surface area contributed by atoms with E-state index < -0.39 is 5.60 Å². The van der Waals surface area contributed by atoms with Crippen LogP contribution in [0.3, 0.4) is 0 Å². The number of hydrogen-bond acceptors (Lipinski definition) is 5. The van der Waals surface area contributed by atoms with E-state index in [0.29, 0.717) is 11.3 Å². The second kappa shape index (κ2) is 7.33. The number of carbonyl (C=O) groups is 1. The lowest BCUT2D eigenvalue weighted by Gasteiger charge is -2.26. The topological polar surface area (TPSA) is 71.7 Å². The average Bonchev–Trinajstić information content (AvgIpc) is 3.32. The Morgan fingerprint density at radius 2 is 2.04 bits per heavy atom. The molecule has 0 bridgehead atoms. The van der Waals surface area contributed by atoms with Crippen LogP contribution in [0.5, 0.6) is 5.75 Å². The third-order valence-electron chi connectivity index (χ3n) is 3.58. The van der Waals surface area contributed by atoms with E-state index in [0.717, 1.165) is 4.88 Å². The maximum atomic E-state index is 12.0. The molecule has 2 aromatic heterocycles. The van der Waals surface area contributed by atoms with Gasteiger partial charge in [-0.25, -0.2) is 0 Å². The first-order valence-corrected chi connectivity index (χ1v) is 8.30. The Labute approximate surface area is 143 Å². The first kappa shape index (κ1) is 16.3. The van der Waals surface area contributed by atoms with Crippen LogP contribution in [-0.4, -0.2) is 24.2 Å². The lowest BCUT2D eigenvalue weighted by molar-refractivity contribution is -0.124. The highest BCUT2D eigenvalue weighted by Gasteiger charge is 2.34. The number of hydrogen-bond donors (Lipinski definition) is 2. The molecular formula is C18H17NO4S. The Bertz CT molecular complexity index is 719. The Hall–Kier alpha value is -2.57. The molecule has 5 nitrogen and oxygen atoms in total. The Kier molecular flexibility index (Phi) is 4.98. The number of benzene rings is 1. The van der Waals surface area contributed by atoms with Crippen LogP contribution in [0.2, 0.25) is 0 Å². The van der Waals surface area contributed by atoms with Crippen LogP contribution in [0, 0.1) is 0 Å². The van der Waals surface area contributed by atoms with Crippen LogP contribution in [0.1, 0.15) is 10.4 Å². The molecule has 0 saturated carbocycles. The molecule has 0 spiro atoms. The summed E-state index contributed by atoms with van der Waals surface area (Å²) in [5.41, 5.74) is -0.738. The van der Waals surface area contributed by atoms with Gasteiger partial charge >= 0.3 is 0 Å². The summed E-state index contributed by atoms with van der Waals surface area (Å²) in [5, 5.41) is 15.7. The second-order valence-electron chi connectivity index (χ2n) is 5.23. The quantitative estimate of drug-likeness (QED) is 0.692. The molecule has 1 aromatic carbocycles. The van der Waals surface area contributed by atoms with Gasteiger partial charge in [-0.3, -0.25) is 4.79 Å². The van der Waals surface area contributed by atoms with Gasteiger partial charge in [0.2, 0.25) is 0 Å². The number of thiophene rings is 1. The Balaban J connectivity index is 1.63. The minimum Gasteiger partial charge on any atom is -0.484 e. The van der Waals surface area contributed by atoms with Crippen molar-refractivity contribution in [2.45, 2.75) is 5.60 Å². The van der Waals surface area contributed by atoms with Gasteiger partial charge in [-0.2, -0.15) is 0 Å². The highest BCUT2D eigenvalue weighted by molar-refractivity contribution is 7.10. The fourth-order valence-electron chi connectivity index (χ4n) is 2.29. The number of carbonyl (C=O) groups excluding carboxylic acids is 1. The summed E-state index contributed by atoms with van der Waals surface area (Å²) < 4.78 is 10.5. The van der Waals surface area contributed by atoms with Gasteiger partial charge in [-0.1, -0.05) is 24.3 Å². The van der Waals surface area contributed by atoms with E-state index in [-0.39, 0.29) is 19.1 Å². The zero-order chi connectivity index (χ0) is 16.8. The van der Waals surface area contributed by atoms with E-state index in [2.05, 4.69) is 5.32 Å². The molecule has 124 valence electrons. The largest absolute Gasteiger partial charge is 0.484 e. The molecular weight excluding hydrogens is 326 g/mol. The van der Waals surface area contributed by atoms with Crippen LogP contribution in [0.15, 0.2) is 70.9 Å². The third kappa shape index (κ3) is 3.67. The van der Waals surface area contributed by atoms with Gasteiger partial charge in [0.25, 0.3) is 5.91 Å². The van der Waals surface area contributed by atoms with Gasteiger partial charge in [0.15, 0.2) is 6.61 Å². The summed E-state index contributed by atoms with van der Waals surface area (Å²) in [6.07, 6.45) is 2.97. The number of amides is 1. The van der Waals surface area contributed by atoms with Gasteiger partial charge in [0.1, 0.15) is 11.4 Å². The molecule has 0 unspecified atom stereocenters. The van der Waals surface area contributed by atoms with Crippen LogP contribution in [-0.2, 0) is 10.4 Å². The number of aliphatic hydroxyl groups is 1. The van der Waals surface area contributed by atoms with Crippen molar-refractivity contribution >= 4 is 17.2 Å². The molecule has 0 radical (unpaired) electrons. The second-order valence-corrected chi connectivity index (χ2v) is 6.18. The SMILES string of the molecule is O=C(COc1ccccc1)NC[C@](O)(c1ccoc1)c1cccs1. The molecule has 1 atom stereocenters. The molecule has 24 heavy (non-hydrogen) atoms. The predicted octanol–water partition coefficient (Wildman–Crippen LogP) is 2.77. The number of nitrogens with one attached hydrogen (secondary N) is 1. The molecule has 0 aliphatic heterocycles. The van der Waals surface area contributed by atoms with Gasteiger partial charge in [0, 0.05) is 10.4 Å². The predicted molar refractivity (Wildman–Crippen MR) is 91.0 cm³/mol. The summed E-state index contributed by atoms with van der Waals surface area (Å²) >= 11 is 1.42. The number of ether oxygens (including phenoxy) is 1. The molecule has 3 aromatic rings. The van der Waals surface area contributed by atoms with Gasteiger partial charge in [0.05, 0.1) is 19.1 Å². The van der Waals surface area contributed by atoms with Crippen molar-refractivity contribution in [1.82, 2.24) is 5.32 Å². The van der Waals surface area contributed by atoms with Crippen molar-refractivity contribution < 1.29 is 19.1 Å². The van der Waals surface area contributed by atoms with Crippen molar-refractivity contribution in [2.24, 2.45) is 0 Å². The number of furan rings is 1. The van der Waals surface area contributed by atoms with E-state index in [1.165, 1.54) is 23.9 Å². The van der Waals surface area contributed by atoms with Gasteiger partial charge < -0.3 is 19.6 Å². The summed E-state index contributed by atoms with van der Waals surface area (Å²) in [6.45, 7) is -0.0834. The summed E-state index contributed by atoms with van der Waals surface area (Å²) in [7, 11) is 0. The van der Waals surface area contributed by atoms with Crippen molar-refractivity contribution in [3.8, 4) is 5.75 Å². The van der Waals surface area contributed by atoms with Crippen molar-refractivity contribution in [3.63, 3.8) is 0 Å². The lowest BCUT2D eigenvalue weighted by atomic mass is 9.94. The van der Waals surface area contributed by atoms with Crippen molar-refractivity contribution in [1.29, 1.82) is 0 Å². The third-order valence-corrected chi connectivity index (χ3v) is 4.60. The minimum atomic E-state index is -1.33. The lowest BCUT2D eigenvalue weighted by Crippen LogP contribution is -2.42. The molecule has 1 amide bonds. The Morgan fingerprint density at radius 3 is 2.71 bits per heavy atom. The van der Waals surface area contributed by atoms with Gasteiger partial charge in [-0.15, -0.1) is 11.3 Å². The molecule has 0 saturated heterocycles. The van der Waals surface area contributed by atoms with Crippen molar-refractivity contribution in [2.75, 3.05) is 13.2 Å². The zero-order valence-electron chi connectivity index (χ0n) is 12.8. The van der Waals surface area contributed by atoms with E-state index >= 15 is 0 Å². The molecule has 3 rings (SSSR count). The Morgan fingerprint density at radius 1 is 1.21 bits per heavy atom.